The zero-order valence-corrected chi connectivity index (χ0v) is 15.4. The SMILES string of the molecule is COC(=O)c1sc2nc(/C(Cl)=C/c3ccc(C)cc3)[nH]c(=O)c2c1C. The number of hydrogen-bond donors (Lipinski definition) is 1. The third kappa shape index (κ3) is 3.36. The Balaban J connectivity index is 2.10. The molecule has 25 heavy (non-hydrogen) atoms. The van der Waals surface area contributed by atoms with Crippen molar-refractivity contribution in [2.45, 2.75) is 13.8 Å². The minimum Gasteiger partial charge on any atom is -0.465 e. The number of thiophene rings is 1. The molecule has 5 nitrogen and oxygen atoms in total. The quantitative estimate of drug-likeness (QED) is 0.700. The van der Waals surface area contributed by atoms with E-state index in [4.69, 9.17) is 16.3 Å². The summed E-state index contributed by atoms with van der Waals surface area (Å²) in [7, 11) is 1.30. The van der Waals surface area contributed by atoms with E-state index in [0.717, 1.165) is 22.5 Å². The molecule has 7 heteroatoms. The summed E-state index contributed by atoms with van der Waals surface area (Å²) in [4.78, 5) is 32.1. The van der Waals surface area contributed by atoms with E-state index in [1.807, 2.05) is 31.2 Å². The molecule has 3 aromatic rings. The number of methoxy groups -OCH3 is 1. The minimum atomic E-state index is -0.484. The van der Waals surface area contributed by atoms with Gasteiger partial charge in [-0.25, -0.2) is 9.78 Å². The van der Waals surface area contributed by atoms with E-state index < -0.39 is 5.97 Å². The Kier molecular flexibility index (Phi) is 4.74. The Labute approximate surface area is 152 Å². The predicted octanol–water partition coefficient (Wildman–Crippen LogP) is 4.12. The third-order valence-electron chi connectivity index (χ3n) is 3.77. The minimum absolute atomic E-state index is 0.261. The van der Waals surface area contributed by atoms with Gasteiger partial charge in [0.1, 0.15) is 9.71 Å². The molecular weight excluding hydrogens is 360 g/mol. The van der Waals surface area contributed by atoms with Crippen molar-refractivity contribution in [2.24, 2.45) is 0 Å². The summed E-state index contributed by atoms with van der Waals surface area (Å²) in [5, 5.41) is 0.697. The lowest BCUT2D eigenvalue weighted by Gasteiger charge is -2.01. The molecule has 0 amide bonds. The molecule has 0 aliphatic heterocycles. The van der Waals surface area contributed by atoms with Crippen LogP contribution in [-0.2, 0) is 4.74 Å². The van der Waals surface area contributed by atoms with Crippen LogP contribution in [0.15, 0.2) is 29.1 Å². The molecular formula is C18H15ClN2O3S. The number of nitrogens with zero attached hydrogens (tertiary/aromatic N) is 1. The molecule has 0 aliphatic carbocycles. The first-order chi connectivity index (χ1) is 11.9. The molecule has 0 unspecified atom stereocenters. The number of aryl methyl sites for hydroxylation is 2. The standard InChI is InChI=1S/C18H15ClN2O3S/c1-9-4-6-11(7-5-9)8-12(19)15-20-16(22)13-10(2)14(18(23)24-3)25-17(13)21-15/h4-8H,1-3H3,(H,20,21,22)/b12-8-. The van der Waals surface area contributed by atoms with Gasteiger partial charge in [-0.15, -0.1) is 11.3 Å². The molecule has 0 spiro atoms. The smallest absolute Gasteiger partial charge is 0.348 e. The van der Waals surface area contributed by atoms with E-state index in [0.29, 0.717) is 25.7 Å². The normalized spacial score (nSPS) is 11.8. The van der Waals surface area contributed by atoms with Gasteiger partial charge >= 0.3 is 5.97 Å². The molecule has 3 rings (SSSR count). The van der Waals surface area contributed by atoms with E-state index in [-0.39, 0.29) is 11.4 Å². The Hall–Kier alpha value is -2.44. The number of carbonyl (C=O) groups is 1. The predicted molar refractivity (Wildman–Crippen MR) is 101 cm³/mol. The fourth-order valence-corrected chi connectivity index (χ4v) is 3.74. The summed E-state index contributed by atoms with van der Waals surface area (Å²) in [5.74, 6) is -0.222. The maximum Gasteiger partial charge on any atom is 0.348 e. The molecule has 0 bridgehead atoms. The zero-order valence-electron chi connectivity index (χ0n) is 13.8. The lowest BCUT2D eigenvalue weighted by Crippen LogP contribution is -2.10. The molecule has 1 N–H and O–H groups in total. The van der Waals surface area contributed by atoms with Crippen LogP contribution in [0.3, 0.4) is 0 Å². The molecule has 2 heterocycles. The first-order valence-corrected chi connectivity index (χ1v) is 8.66. The largest absolute Gasteiger partial charge is 0.465 e. The van der Waals surface area contributed by atoms with E-state index in [1.165, 1.54) is 7.11 Å². The van der Waals surface area contributed by atoms with Gasteiger partial charge < -0.3 is 9.72 Å². The number of nitrogens with one attached hydrogen (secondary N) is 1. The molecule has 0 atom stereocenters. The second-order valence-electron chi connectivity index (χ2n) is 5.55. The molecule has 0 saturated carbocycles. The van der Waals surface area contributed by atoms with Gasteiger partial charge in [-0.05, 0) is 31.1 Å². The lowest BCUT2D eigenvalue weighted by atomic mass is 10.1. The zero-order chi connectivity index (χ0) is 18.1. The molecule has 0 radical (unpaired) electrons. The average molecular weight is 375 g/mol. The number of ether oxygens (including phenoxy) is 1. The number of rotatable bonds is 3. The number of H-pyrrole nitrogens is 1. The highest BCUT2D eigenvalue weighted by Crippen LogP contribution is 2.29. The van der Waals surface area contributed by atoms with Crippen molar-refractivity contribution in [1.82, 2.24) is 9.97 Å². The van der Waals surface area contributed by atoms with Crippen molar-refractivity contribution in [1.29, 1.82) is 0 Å². The van der Waals surface area contributed by atoms with Crippen LogP contribution in [0.4, 0.5) is 0 Å². The van der Waals surface area contributed by atoms with Gasteiger partial charge in [0.2, 0.25) is 0 Å². The monoisotopic (exact) mass is 374 g/mol. The highest BCUT2D eigenvalue weighted by atomic mass is 35.5. The number of carbonyl (C=O) groups excluding carboxylic acids is 1. The van der Waals surface area contributed by atoms with Gasteiger partial charge in [-0.1, -0.05) is 41.4 Å². The maximum atomic E-state index is 12.4. The number of aromatic amines is 1. The van der Waals surface area contributed by atoms with Gasteiger partial charge in [0.25, 0.3) is 5.56 Å². The van der Waals surface area contributed by atoms with Crippen LogP contribution >= 0.6 is 22.9 Å². The number of esters is 1. The second-order valence-corrected chi connectivity index (χ2v) is 6.95. The lowest BCUT2D eigenvalue weighted by molar-refractivity contribution is 0.0605. The molecule has 2 aromatic heterocycles. The Bertz CT molecular complexity index is 1050. The van der Waals surface area contributed by atoms with Crippen molar-refractivity contribution >= 4 is 50.2 Å². The molecule has 0 aliphatic rings. The summed E-state index contributed by atoms with van der Waals surface area (Å²) in [5.41, 5.74) is 2.27. The van der Waals surface area contributed by atoms with Gasteiger partial charge in [0.15, 0.2) is 5.82 Å². The first kappa shape index (κ1) is 17.4. The molecule has 1 aromatic carbocycles. The second kappa shape index (κ2) is 6.82. The molecule has 128 valence electrons. The van der Waals surface area contributed by atoms with Gasteiger partial charge in [-0.3, -0.25) is 4.79 Å². The van der Waals surface area contributed by atoms with Crippen LogP contribution in [0.25, 0.3) is 21.3 Å². The van der Waals surface area contributed by atoms with Crippen LogP contribution in [0.2, 0.25) is 0 Å². The average Bonchev–Trinajstić information content (AvgIpc) is 2.93. The third-order valence-corrected chi connectivity index (χ3v) is 5.22. The Morgan fingerprint density at radius 1 is 1.28 bits per heavy atom. The Morgan fingerprint density at radius 3 is 2.60 bits per heavy atom. The first-order valence-electron chi connectivity index (χ1n) is 7.46. The van der Waals surface area contributed by atoms with E-state index in [9.17, 15) is 9.59 Å². The van der Waals surface area contributed by atoms with Gasteiger partial charge in [0, 0.05) is 0 Å². The highest BCUT2D eigenvalue weighted by Gasteiger charge is 2.20. The van der Waals surface area contributed by atoms with Crippen molar-refractivity contribution in [3.63, 3.8) is 0 Å². The number of halogens is 1. The van der Waals surface area contributed by atoms with Crippen molar-refractivity contribution < 1.29 is 9.53 Å². The summed E-state index contributed by atoms with van der Waals surface area (Å²) in [6, 6.07) is 7.80. The summed E-state index contributed by atoms with van der Waals surface area (Å²) in [6.07, 6.45) is 1.73. The number of benzene rings is 1. The van der Waals surface area contributed by atoms with Crippen molar-refractivity contribution in [3.05, 3.63) is 62.0 Å². The summed E-state index contributed by atoms with van der Waals surface area (Å²) in [6.45, 7) is 3.70. The van der Waals surface area contributed by atoms with Crippen molar-refractivity contribution in [2.75, 3.05) is 7.11 Å². The van der Waals surface area contributed by atoms with Crippen LogP contribution in [0, 0.1) is 13.8 Å². The van der Waals surface area contributed by atoms with Gasteiger partial charge in [0.05, 0.1) is 17.5 Å². The van der Waals surface area contributed by atoms with Crippen molar-refractivity contribution in [3.8, 4) is 0 Å². The van der Waals surface area contributed by atoms with E-state index in [1.54, 1.807) is 13.0 Å². The molecule has 0 fully saturated rings. The van der Waals surface area contributed by atoms with Crippen LogP contribution < -0.4 is 5.56 Å². The fraction of sp³-hybridized carbons (Fsp3) is 0.167. The number of fused-ring (bicyclic) bond motifs is 1. The van der Waals surface area contributed by atoms with Crippen LogP contribution in [0.1, 0.15) is 32.2 Å². The van der Waals surface area contributed by atoms with E-state index in [2.05, 4.69) is 9.97 Å². The topological polar surface area (TPSA) is 72.0 Å². The van der Waals surface area contributed by atoms with E-state index >= 15 is 0 Å². The number of aromatic nitrogens is 2. The summed E-state index contributed by atoms with van der Waals surface area (Å²) >= 11 is 7.45. The van der Waals surface area contributed by atoms with Crippen LogP contribution in [-0.4, -0.2) is 23.0 Å². The molecule has 0 saturated heterocycles. The number of hydrogen-bond acceptors (Lipinski definition) is 5. The van der Waals surface area contributed by atoms with Crippen LogP contribution in [0.5, 0.6) is 0 Å². The summed E-state index contributed by atoms with van der Waals surface area (Å²) < 4.78 is 4.75. The Morgan fingerprint density at radius 2 is 1.96 bits per heavy atom. The fourth-order valence-electron chi connectivity index (χ4n) is 2.42. The van der Waals surface area contributed by atoms with Gasteiger partial charge in [-0.2, -0.15) is 0 Å². The maximum absolute atomic E-state index is 12.4. The highest BCUT2D eigenvalue weighted by molar-refractivity contribution is 7.20.